The predicted octanol–water partition coefficient (Wildman–Crippen LogP) is 16.7. The van der Waals surface area contributed by atoms with Crippen molar-refractivity contribution in [2.75, 3.05) is 9.80 Å². The molecule has 0 N–H and O–H groups in total. The van der Waals surface area contributed by atoms with Crippen molar-refractivity contribution in [3.8, 4) is 11.1 Å². The maximum atomic E-state index is 2.75. The van der Waals surface area contributed by atoms with E-state index >= 15 is 0 Å². The predicted molar refractivity (Wildman–Crippen MR) is 305 cm³/mol. The molecule has 2 nitrogen and oxygen atoms in total. The first-order chi connectivity index (χ1) is 33.0. The van der Waals surface area contributed by atoms with Gasteiger partial charge in [0.25, 0.3) is 6.71 Å². The zero-order chi connectivity index (χ0) is 49.0. The van der Waals surface area contributed by atoms with E-state index in [9.17, 15) is 0 Å². The van der Waals surface area contributed by atoms with E-state index in [0.717, 1.165) is 0 Å². The Morgan fingerprint density at radius 2 is 1.13 bits per heavy atom. The number of nitrogens with zero attached hydrogens (tertiary/aromatic N) is 2. The van der Waals surface area contributed by atoms with Gasteiger partial charge in [0.05, 0.1) is 11.4 Å². The fourth-order valence-electron chi connectivity index (χ4n) is 14.1. The van der Waals surface area contributed by atoms with Crippen molar-refractivity contribution in [3.63, 3.8) is 0 Å². The molecule has 0 fully saturated rings. The van der Waals surface area contributed by atoms with Crippen molar-refractivity contribution >= 4 is 88.7 Å². The molecule has 7 aromatic carbocycles. The summed E-state index contributed by atoms with van der Waals surface area (Å²) in [6, 6.07) is 46.5. The molecule has 1 aromatic heterocycles. The van der Waals surface area contributed by atoms with Gasteiger partial charge in [-0.05, 0) is 198 Å². The Kier molecular flexibility index (Phi) is 8.93. The highest BCUT2D eigenvalue weighted by atomic mass is 32.1. The van der Waals surface area contributed by atoms with Gasteiger partial charge < -0.3 is 9.80 Å². The number of hydrogen-bond acceptors (Lipinski definition) is 3. The molecule has 0 unspecified atom stereocenters. The van der Waals surface area contributed by atoms with Crippen LogP contribution in [0.5, 0.6) is 0 Å². The Labute approximate surface area is 422 Å². The van der Waals surface area contributed by atoms with Crippen LogP contribution in [0.2, 0.25) is 0 Å². The number of rotatable bonds is 2. The average Bonchev–Trinajstić information content (AvgIpc) is 3.78. The first-order valence-electron chi connectivity index (χ1n) is 26.3. The molecule has 0 saturated heterocycles. The number of aryl methyl sites for hydroxylation is 1. The molecule has 0 atom stereocenters. The molecule has 2 aliphatic heterocycles. The van der Waals surface area contributed by atoms with Gasteiger partial charge in [-0.25, -0.2) is 0 Å². The molecular weight excluding hydrogens is 864 g/mol. The highest BCUT2D eigenvalue weighted by Crippen LogP contribution is 2.58. The second kappa shape index (κ2) is 14.1. The third-order valence-corrected chi connectivity index (χ3v) is 19.7. The molecule has 0 spiro atoms. The van der Waals surface area contributed by atoms with Crippen LogP contribution in [-0.4, -0.2) is 6.71 Å². The van der Waals surface area contributed by atoms with Crippen LogP contribution in [0.3, 0.4) is 0 Å². The van der Waals surface area contributed by atoms with Crippen molar-refractivity contribution in [1.82, 2.24) is 0 Å². The van der Waals surface area contributed by atoms with E-state index in [0.29, 0.717) is 0 Å². The second-order valence-electron chi connectivity index (χ2n) is 26.4. The SMILES string of the molecule is Cc1cc2c3c(c1)N(c1ccc4c(c1)C(C)(C)CCC4(C)C)c1c(sc4cc5c(cc14)C(C)(C)CCC5(C)C)B3c1ccc(C(C)(C)C)cc1N2c1cccc2c1C(C)(C)c1cc3ccccc3cc1-2. The lowest BCUT2D eigenvalue weighted by molar-refractivity contribution is 0.332. The quantitative estimate of drug-likeness (QED) is 0.159. The summed E-state index contributed by atoms with van der Waals surface area (Å²) in [4.78, 5) is 5.47. The molecule has 8 aromatic rings. The summed E-state index contributed by atoms with van der Waals surface area (Å²) < 4.78 is 2.87. The first-order valence-corrected chi connectivity index (χ1v) is 27.1. The van der Waals surface area contributed by atoms with Crippen molar-refractivity contribution in [3.05, 3.63) is 160 Å². The molecule has 0 saturated carbocycles. The lowest BCUT2D eigenvalue weighted by Gasteiger charge is -2.46. The van der Waals surface area contributed by atoms with Crippen molar-refractivity contribution in [2.24, 2.45) is 0 Å². The number of thiophene rings is 1. The maximum absolute atomic E-state index is 2.75. The third-order valence-electron chi connectivity index (χ3n) is 18.5. The third kappa shape index (κ3) is 6.04. The van der Waals surface area contributed by atoms with E-state index in [-0.39, 0.29) is 39.2 Å². The van der Waals surface area contributed by atoms with Gasteiger partial charge in [-0.3, -0.25) is 0 Å². The smallest absolute Gasteiger partial charge is 0.264 e. The van der Waals surface area contributed by atoms with Crippen LogP contribution in [0.25, 0.3) is 32.0 Å². The topological polar surface area (TPSA) is 6.48 Å². The van der Waals surface area contributed by atoms with Gasteiger partial charge in [0.2, 0.25) is 0 Å². The lowest BCUT2D eigenvalue weighted by Crippen LogP contribution is -2.60. The summed E-state index contributed by atoms with van der Waals surface area (Å²) >= 11 is 2.07. The normalized spacial score (nSPS) is 19.3. The molecule has 0 radical (unpaired) electrons. The minimum Gasteiger partial charge on any atom is -0.311 e. The molecule has 13 rings (SSSR count). The second-order valence-corrected chi connectivity index (χ2v) is 27.5. The molecule has 3 heterocycles. The standard InChI is InChI=1S/C66H69BN2S/c1-38-30-54-58-55(31-38)69(52-21-17-20-43-44-32-39-18-15-16-19-40(39)33-47(44)66(13,14)57(43)52)53-34-41(61(2,3)4)22-25-51(53)67(58)60-59(45-36-49-50(37-56(45)70-60)65(11,12)29-28-64(49,9)10)68(54)42-23-24-46-48(35-42)63(7,8)27-26-62(46,5)6/h15-25,30-37H,26-29H2,1-14H3. The Morgan fingerprint density at radius 3 is 1.80 bits per heavy atom. The Balaban J connectivity index is 1.14. The highest BCUT2D eigenvalue weighted by Gasteiger charge is 2.49. The van der Waals surface area contributed by atoms with E-state index in [4.69, 9.17) is 0 Å². The minimum atomic E-state index is -0.233. The number of fused-ring (bicyclic) bond motifs is 12. The summed E-state index contributed by atoms with van der Waals surface area (Å²) in [5.74, 6) is 0. The van der Waals surface area contributed by atoms with Crippen LogP contribution >= 0.6 is 11.3 Å². The van der Waals surface area contributed by atoms with Gasteiger partial charge in [0.1, 0.15) is 0 Å². The van der Waals surface area contributed by atoms with E-state index in [1.165, 1.54) is 152 Å². The molecular formula is C66H69BN2S. The van der Waals surface area contributed by atoms with Crippen LogP contribution in [-0.2, 0) is 32.5 Å². The Hall–Kier alpha value is -5.58. The van der Waals surface area contributed by atoms with Crippen LogP contribution in [0.4, 0.5) is 34.1 Å². The zero-order valence-electron chi connectivity index (χ0n) is 44.2. The van der Waals surface area contributed by atoms with Crippen LogP contribution < -0.4 is 25.5 Å². The van der Waals surface area contributed by atoms with Gasteiger partial charge >= 0.3 is 0 Å². The van der Waals surface area contributed by atoms with Crippen molar-refractivity contribution < 1.29 is 0 Å². The number of hydrogen-bond donors (Lipinski definition) is 0. The molecule has 352 valence electrons. The van der Waals surface area contributed by atoms with E-state index in [1.807, 2.05) is 0 Å². The summed E-state index contributed by atoms with van der Waals surface area (Å²) in [6.07, 6.45) is 4.78. The molecule has 5 aliphatic rings. The largest absolute Gasteiger partial charge is 0.311 e. The van der Waals surface area contributed by atoms with Crippen LogP contribution in [0, 0.1) is 6.92 Å². The van der Waals surface area contributed by atoms with E-state index in [1.54, 1.807) is 0 Å². The summed E-state index contributed by atoms with van der Waals surface area (Å²) in [5, 5.41) is 4.00. The fraction of sp³-hybridized carbons (Fsp3) is 0.364. The Morgan fingerprint density at radius 1 is 0.514 bits per heavy atom. The van der Waals surface area contributed by atoms with Crippen LogP contribution in [0.15, 0.2) is 115 Å². The van der Waals surface area contributed by atoms with Crippen molar-refractivity contribution in [2.45, 2.75) is 155 Å². The number of benzene rings is 7. The maximum Gasteiger partial charge on any atom is 0.264 e. The fourth-order valence-corrected chi connectivity index (χ4v) is 15.4. The Bertz CT molecular complexity index is 3610. The molecule has 70 heavy (non-hydrogen) atoms. The lowest BCUT2D eigenvalue weighted by atomic mass is 9.36. The summed E-state index contributed by atoms with van der Waals surface area (Å²) in [5.41, 5.74) is 25.1. The molecule has 4 heteroatoms. The summed E-state index contributed by atoms with van der Waals surface area (Å²) in [7, 11) is 0. The molecule has 0 amide bonds. The van der Waals surface area contributed by atoms with E-state index < -0.39 is 0 Å². The van der Waals surface area contributed by atoms with Gasteiger partial charge in [-0.2, -0.15) is 0 Å². The monoisotopic (exact) mass is 933 g/mol. The molecule has 0 bridgehead atoms. The van der Waals surface area contributed by atoms with Crippen LogP contribution in [0.1, 0.15) is 160 Å². The highest BCUT2D eigenvalue weighted by molar-refractivity contribution is 7.33. The van der Waals surface area contributed by atoms with Crippen molar-refractivity contribution in [1.29, 1.82) is 0 Å². The van der Waals surface area contributed by atoms with Gasteiger partial charge in [-0.1, -0.05) is 145 Å². The van der Waals surface area contributed by atoms with Gasteiger partial charge in [-0.15, -0.1) is 11.3 Å². The van der Waals surface area contributed by atoms with Gasteiger partial charge in [0, 0.05) is 43.0 Å². The molecule has 3 aliphatic carbocycles. The van der Waals surface area contributed by atoms with E-state index in [2.05, 4.69) is 233 Å². The first kappa shape index (κ1) is 44.4. The van der Waals surface area contributed by atoms with Gasteiger partial charge in [0.15, 0.2) is 0 Å². The zero-order valence-corrected chi connectivity index (χ0v) is 45.0. The average molecular weight is 933 g/mol. The minimum absolute atomic E-state index is 0.0351. The number of anilines is 6. The summed E-state index contributed by atoms with van der Waals surface area (Å²) in [6.45, 7) is 34.3.